The van der Waals surface area contributed by atoms with Crippen molar-refractivity contribution < 1.29 is 24.1 Å². The minimum atomic E-state index is -0.562. The van der Waals surface area contributed by atoms with Gasteiger partial charge in [-0.25, -0.2) is 0 Å². The number of methoxy groups -OCH3 is 1. The number of hydrogen-bond acceptors (Lipinski definition) is 7. The van der Waals surface area contributed by atoms with Gasteiger partial charge in [-0.2, -0.15) is 0 Å². The Hall–Kier alpha value is -3.30. The van der Waals surface area contributed by atoms with Crippen LogP contribution in [0.3, 0.4) is 0 Å². The first-order valence-electron chi connectivity index (χ1n) is 13.6. The average molecular weight is 532 g/mol. The second-order valence-electron chi connectivity index (χ2n) is 10.3. The van der Waals surface area contributed by atoms with Gasteiger partial charge in [-0.1, -0.05) is 36.4 Å². The zero-order valence-corrected chi connectivity index (χ0v) is 22.4. The Balaban J connectivity index is 1.21. The Kier molecular flexibility index (Phi) is 9.21. The fourth-order valence-corrected chi connectivity index (χ4v) is 5.58. The molecule has 5 rings (SSSR count). The summed E-state index contributed by atoms with van der Waals surface area (Å²) in [7, 11) is 1.63. The van der Waals surface area contributed by atoms with Gasteiger partial charge >= 0.3 is 0 Å². The van der Waals surface area contributed by atoms with Crippen LogP contribution >= 0.6 is 0 Å². The summed E-state index contributed by atoms with van der Waals surface area (Å²) in [5, 5.41) is 13.6. The molecule has 0 spiro atoms. The van der Waals surface area contributed by atoms with Crippen molar-refractivity contribution in [2.75, 3.05) is 26.9 Å². The molecule has 2 saturated heterocycles. The summed E-state index contributed by atoms with van der Waals surface area (Å²) in [6, 6.07) is 20.3. The monoisotopic (exact) mass is 531 g/mol. The molecule has 0 bridgehead atoms. The summed E-state index contributed by atoms with van der Waals surface area (Å²) < 4.78 is 17.6. The molecule has 8 nitrogen and oxygen atoms in total. The van der Waals surface area contributed by atoms with Crippen LogP contribution in [-0.2, 0) is 27.4 Å². The van der Waals surface area contributed by atoms with Gasteiger partial charge < -0.3 is 24.6 Å². The number of aliphatic hydroxyl groups excluding tert-OH is 1. The van der Waals surface area contributed by atoms with E-state index in [2.05, 4.69) is 39.5 Å². The fourth-order valence-electron chi connectivity index (χ4n) is 5.58. The molecule has 0 saturated carbocycles. The molecule has 0 aliphatic carbocycles. The topological polar surface area (TPSA) is 93.2 Å². The summed E-state index contributed by atoms with van der Waals surface area (Å²) >= 11 is 0. The number of β-amino-alcohol motifs (C(OH)–C–C–N with tert-alkyl or cyclic N) is 1. The normalized spacial score (nSPS) is 23.7. The van der Waals surface area contributed by atoms with E-state index in [1.807, 2.05) is 36.4 Å². The van der Waals surface area contributed by atoms with Crippen molar-refractivity contribution >= 4 is 5.91 Å². The van der Waals surface area contributed by atoms with Crippen molar-refractivity contribution in [3.05, 3.63) is 84.2 Å². The lowest BCUT2D eigenvalue weighted by molar-refractivity contribution is -0.158. The maximum atomic E-state index is 12.8. The van der Waals surface area contributed by atoms with E-state index in [0.29, 0.717) is 32.7 Å². The minimum absolute atomic E-state index is 0.0451. The number of aromatic nitrogens is 1. The average Bonchev–Trinajstić information content (AvgIpc) is 2.96. The maximum Gasteiger partial charge on any atom is 0.222 e. The highest BCUT2D eigenvalue weighted by atomic mass is 16.5. The van der Waals surface area contributed by atoms with E-state index >= 15 is 0 Å². The molecule has 1 amide bonds. The predicted molar refractivity (Wildman–Crippen MR) is 148 cm³/mol. The van der Waals surface area contributed by atoms with Crippen molar-refractivity contribution in [3.63, 3.8) is 0 Å². The lowest BCUT2D eigenvalue weighted by atomic mass is 9.94. The predicted octanol–water partition coefficient (Wildman–Crippen LogP) is 3.57. The van der Waals surface area contributed by atoms with Crippen LogP contribution < -0.4 is 10.1 Å². The van der Waals surface area contributed by atoms with E-state index in [-0.39, 0.29) is 30.8 Å². The van der Waals surface area contributed by atoms with Gasteiger partial charge in [0.15, 0.2) is 0 Å². The first-order valence-corrected chi connectivity index (χ1v) is 13.6. The Bertz CT molecular complexity index is 1220. The number of fused-ring (bicyclic) bond motifs is 1. The summed E-state index contributed by atoms with van der Waals surface area (Å²) in [6.07, 6.45) is 4.64. The smallest absolute Gasteiger partial charge is 0.222 e. The largest absolute Gasteiger partial charge is 0.496 e. The summed E-state index contributed by atoms with van der Waals surface area (Å²) in [6.45, 7) is 2.28. The van der Waals surface area contributed by atoms with Gasteiger partial charge in [0, 0.05) is 43.6 Å². The lowest BCUT2D eigenvalue weighted by Crippen LogP contribution is -2.55. The summed E-state index contributed by atoms with van der Waals surface area (Å²) in [4.78, 5) is 19.2. The molecule has 2 fully saturated rings. The van der Waals surface area contributed by atoms with Gasteiger partial charge in [-0.3, -0.25) is 14.7 Å². The SMILES string of the molecule is COc1ccccc1CNC(=O)C[C@@H]1CC[C@H]2[C@@H](COC[C@H](O)CN2Cc2cccc(-c3ccncc3)c2)O1. The van der Waals surface area contributed by atoms with E-state index in [4.69, 9.17) is 14.2 Å². The molecule has 0 unspecified atom stereocenters. The molecule has 39 heavy (non-hydrogen) atoms. The third-order valence-corrected chi connectivity index (χ3v) is 7.50. The van der Waals surface area contributed by atoms with Crippen molar-refractivity contribution in [3.8, 4) is 16.9 Å². The molecule has 1 aromatic heterocycles. The highest BCUT2D eigenvalue weighted by molar-refractivity contribution is 5.76. The van der Waals surface area contributed by atoms with Gasteiger partial charge in [0.2, 0.25) is 5.91 Å². The number of pyridine rings is 1. The molecule has 2 aliphatic rings. The molecule has 3 aromatic rings. The van der Waals surface area contributed by atoms with E-state index < -0.39 is 6.10 Å². The third kappa shape index (κ3) is 7.22. The van der Waals surface area contributed by atoms with Crippen LogP contribution in [0.5, 0.6) is 5.75 Å². The van der Waals surface area contributed by atoms with Gasteiger partial charge in [-0.15, -0.1) is 0 Å². The number of nitrogens with one attached hydrogen (secondary N) is 1. The van der Waals surface area contributed by atoms with Crippen molar-refractivity contribution in [2.45, 2.75) is 56.7 Å². The summed E-state index contributed by atoms with van der Waals surface area (Å²) in [5.41, 5.74) is 4.38. The Morgan fingerprint density at radius 1 is 1.08 bits per heavy atom. The van der Waals surface area contributed by atoms with Crippen LogP contribution in [0.2, 0.25) is 0 Å². The minimum Gasteiger partial charge on any atom is -0.496 e. The Morgan fingerprint density at radius 2 is 1.92 bits per heavy atom. The number of hydrogen-bond donors (Lipinski definition) is 2. The maximum absolute atomic E-state index is 12.8. The number of para-hydroxylation sites is 1. The van der Waals surface area contributed by atoms with Crippen LogP contribution in [-0.4, -0.2) is 72.1 Å². The van der Waals surface area contributed by atoms with Crippen LogP contribution in [0.15, 0.2) is 73.1 Å². The van der Waals surface area contributed by atoms with E-state index in [9.17, 15) is 9.90 Å². The van der Waals surface area contributed by atoms with Crippen LogP contribution in [0.25, 0.3) is 11.1 Å². The van der Waals surface area contributed by atoms with Crippen molar-refractivity contribution in [1.29, 1.82) is 0 Å². The Labute approximate surface area is 229 Å². The molecule has 206 valence electrons. The molecule has 8 heteroatoms. The second kappa shape index (κ2) is 13.2. The van der Waals surface area contributed by atoms with Crippen LogP contribution in [0.1, 0.15) is 30.4 Å². The van der Waals surface area contributed by atoms with Gasteiger partial charge in [0.05, 0.1) is 45.1 Å². The number of nitrogens with zero attached hydrogens (tertiary/aromatic N) is 2. The van der Waals surface area contributed by atoms with Crippen LogP contribution in [0.4, 0.5) is 0 Å². The molecule has 0 radical (unpaired) electrons. The third-order valence-electron chi connectivity index (χ3n) is 7.50. The first-order chi connectivity index (χ1) is 19.1. The fraction of sp³-hybridized carbons (Fsp3) is 0.419. The second-order valence-corrected chi connectivity index (χ2v) is 10.3. The quantitative estimate of drug-likeness (QED) is 0.459. The molecular formula is C31H37N3O5. The van der Waals surface area contributed by atoms with Gasteiger partial charge in [0.1, 0.15) is 5.75 Å². The number of amides is 1. The molecule has 3 heterocycles. The number of ether oxygens (including phenoxy) is 3. The van der Waals surface area contributed by atoms with Gasteiger partial charge in [0.25, 0.3) is 0 Å². The van der Waals surface area contributed by atoms with Crippen LogP contribution in [0, 0.1) is 0 Å². The molecular weight excluding hydrogens is 494 g/mol. The highest BCUT2D eigenvalue weighted by Crippen LogP contribution is 2.29. The number of carbonyl (C=O) groups is 1. The first kappa shape index (κ1) is 27.3. The highest BCUT2D eigenvalue weighted by Gasteiger charge is 2.38. The zero-order valence-electron chi connectivity index (χ0n) is 22.4. The van der Waals surface area contributed by atoms with Gasteiger partial charge in [-0.05, 0) is 53.8 Å². The zero-order chi connectivity index (χ0) is 27.0. The van der Waals surface area contributed by atoms with E-state index in [1.54, 1.807) is 19.5 Å². The molecule has 2 aromatic carbocycles. The number of rotatable bonds is 8. The molecule has 2 N–H and O–H groups in total. The Morgan fingerprint density at radius 3 is 2.77 bits per heavy atom. The molecule has 4 atom stereocenters. The lowest BCUT2D eigenvalue weighted by Gasteiger charge is -2.44. The van der Waals surface area contributed by atoms with E-state index in [1.165, 1.54) is 5.56 Å². The van der Waals surface area contributed by atoms with E-state index in [0.717, 1.165) is 35.3 Å². The van der Waals surface area contributed by atoms with Crippen molar-refractivity contribution in [1.82, 2.24) is 15.2 Å². The van der Waals surface area contributed by atoms with Crippen molar-refractivity contribution in [2.24, 2.45) is 0 Å². The number of benzene rings is 2. The number of aliphatic hydroxyl groups is 1. The standard InChI is InChI=1S/C31H37N3O5/c1-37-29-8-3-2-6-25(29)17-33-31(36)16-27-9-10-28-30(39-27)21-38-20-26(35)19-34(28)18-22-5-4-7-24(15-22)23-11-13-32-14-12-23/h2-8,11-15,26-28,30,35H,9-10,16-21H2,1H3,(H,33,36)/t26-,27+,28+,30-/m1/s1. The summed E-state index contributed by atoms with van der Waals surface area (Å²) in [5.74, 6) is 0.714. The molecule has 2 aliphatic heterocycles. The number of carbonyl (C=O) groups excluding carboxylic acids is 1.